The van der Waals surface area contributed by atoms with Crippen molar-refractivity contribution in [2.75, 3.05) is 26.3 Å². The van der Waals surface area contributed by atoms with Crippen molar-refractivity contribution in [1.82, 2.24) is 10.2 Å². The zero-order chi connectivity index (χ0) is 22.2. The molecule has 7 heteroatoms. The molecule has 0 aliphatic carbocycles. The number of nitrogens with one attached hydrogen (secondary N) is 1. The molecule has 2 aromatic carbocycles. The van der Waals surface area contributed by atoms with E-state index in [1.54, 1.807) is 4.90 Å². The smallest absolute Gasteiger partial charge is 0.260 e. The maximum Gasteiger partial charge on any atom is 0.260 e. The van der Waals surface area contributed by atoms with Crippen molar-refractivity contribution in [1.29, 1.82) is 0 Å². The van der Waals surface area contributed by atoms with Gasteiger partial charge in [-0.15, -0.1) is 0 Å². The van der Waals surface area contributed by atoms with Crippen molar-refractivity contribution in [2.45, 2.75) is 39.2 Å². The number of hydrogen-bond donors (Lipinski definition) is 1. The molecule has 1 aliphatic heterocycles. The summed E-state index contributed by atoms with van der Waals surface area (Å²) in [6.07, 6.45) is 1.77. The molecular formula is C24H29ClN2O4. The van der Waals surface area contributed by atoms with Crippen LogP contribution >= 0.6 is 11.6 Å². The maximum atomic E-state index is 12.5. The molecule has 0 atom stereocenters. The second kappa shape index (κ2) is 11.0. The van der Waals surface area contributed by atoms with Gasteiger partial charge in [-0.05, 0) is 62.1 Å². The highest BCUT2D eigenvalue weighted by atomic mass is 35.5. The first kappa shape index (κ1) is 22.9. The molecule has 0 saturated carbocycles. The number of likely N-dealkylation sites (tertiary alicyclic amines) is 1. The standard InChI is InChI=1S/C24H29ClN2O4/c1-17-14-21(15-18(2)24(17)25)31-16-23(29)27-11-8-19(9-12-27)26-22(28)10-13-30-20-6-4-3-5-7-20/h3-7,14-15,19H,8-13,16H2,1-2H3,(H,26,28). The number of aryl methyl sites for hydroxylation is 2. The third-order valence-electron chi connectivity index (χ3n) is 5.33. The number of ether oxygens (including phenoxy) is 2. The summed E-state index contributed by atoms with van der Waals surface area (Å²) < 4.78 is 11.2. The van der Waals surface area contributed by atoms with E-state index in [1.807, 2.05) is 56.3 Å². The molecule has 0 unspecified atom stereocenters. The van der Waals surface area contributed by atoms with E-state index in [1.165, 1.54) is 0 Å². The van der Waals surface area contributed by atoms with E-state index in [0.29, 0.717) is 31.9 Å². The van der Waals surface area contributed by atoms with Crippen LogP contribution in [0.15, 0.2) is 42.5 Å². The third kappa shape index (κ3) is 6.89. The minimum atomic E-state index is -0.0497. The number of benzene rings is 2. The molecule has 1 saturated heterocycles. The Kier molecular flexibility index (Phi) is 8.18. The summed E-state index contributed by atoms with van der Waals surface area (Å²) in [6.45, 7) is 5.37. The Morgan fingerprint density at radius 2 is 1.68 bits per heavy atom. The van der Waals surface area contributed by atoms with Crippen LogP contribution < -0.4 is 14.8 Å². The topological polar surface area (TPSA) is 67.9 Å². The lowest BCUT2D eigenvalue weighted by Gasteiger charge is -2.32. The molecular weight excluding hydrogens is 416 g/mol. The van der Waals surface area contributed by atoms with Gasteiger partial charge in [0.1, 0.15) is 11.5 Å². The van der Waals surface area contributed by atoms with Crippen LogP contribution in [0.1, 0.15) is 30.4 Å². The van der Waals surface area contributed by atoms with E-state index in [2.05, 4.69) is 5.32 Å². The minimum Gasteiger partial charge on any atom is -0.493 e. The van der Waals surface area contributed by atoms with Crippen LogP contribution in [-0.4, -0.2) is 49.1 Å². The van der Waals surface area contributed by atoms with Crippen LogP contribution in [0.2, 0.25) is 5.02 Å². The second-order valence-electron chi connectivity index (χ2n) is 7.79. The monoisotopic (exact) mass is 444 g/mol. The SMILES string of the molecule is Cc1cc(OCC(=O)N2CCC(NC(=O)CCOc3ccccc3)CC2)cc(C)c1Cl. The van der Waals surface area contributed by atoms with Gasteiger partial charge in [-0.1, -0.05) is 29.8 Å². The van der Waals surface area contributed by atoms with E-state index in [9.17, 15) is 9.59 Å². The molecule has 1 fully saturated rings. The summed E-state index contributed by atoms with van der Waals surface area (Å²) in [4.78, 5) is 26.4. The van der Waals surface area contributed by atoms with Gasteiger partial charge in [0, 0.05) is 24.2 Å². The minimum absolute atomic E-state index is 0.00559. The summed E-state index contributed by atoms with van der Waals surface area (Å²) >= 11 is 6.17. The highest BCUT2D eigenvalue weighted by molar-refractivity contribution is 6.32. The van der Waals surface area contributed by atoms with Crippen LogP contribution in [-0.2, 0) is 9.59 Å². The molecule has 3 rings (SSSR count). The second-order valence-corrected chi connectivity index (χ2v) is 8.17. The van der Waals surface area contributed by atoms with Gasteiger partial charge >= 0.3 is 0 Å². The predicted octanol–water partition coefficient (Wildman–Crippen LogP) is 3.91. The van der Waals surface area contributed by atoms with E-state index >= 15 is 0 Å². The Morgan fingerprint density at radius 1 is 1.03 bits per heavy atom. The first-order chi connectivity index (χ1) is 14.9. The van der Waals surface area contributed by atoms with Gasteiger partial charge in [0.25, 0.3) is 5.91 Å². The van der Waals surface area contributed by atoms with Gasteiger partial charge in [0.2, 0.25) is 5.91 Å². The molecule has 1 N–H and O–H groups in total. The number of amides is 2. The lowest BCUT2D eigenvalue weighted by molar-refractivity contribution is -0.134. The number of hydrogen-bond acceptors (Lipinski definition) is 4. The van der Waals surface area contributed by atoms with Gasteiger partial charge < -0.3 is 19.7 Å². The van der Waals surface area contributed by atoms with Crippen molar-refractivity contribution in [3.05, 3.63) is 58.6 Å². The first-order valence-corrected chi connectivity index (χ1v) is 10.9. The summed E-state index contributed by atoms with van der Waals surface area (Å²) in [7, 11) is 0. The number of carbonyl (C=O) groups excluding carboxylic acids is 2. The Morgan fingerprint density at radius 3 is 2.32 bits per heavy atom. The Hall–Kier alpha value is -2.73. The van der Waals surface area contributed by atoms with Crippen molar-refractivity contribution in [2.24, 2.45) is 0 Å². The molecule has 2 amide bonds. The molecule has 0 aromatic heterocycles. The van der Waals surface area contributed by atoms with E-state index in [0.717, 1.165) is 34.7 Å². The van der Waals surface area contributed by atoms with E-state index in [4.69, 9.17) is 21.1 Å². The zero-order valence-electron chi connectivity index (χ0n) is 18.0. The van der Waals surface area contributed by atoms with Gasteiger partial charge in [-0.3, -0.25) is 9.59 Å². The van der Waals surface area contributed by atoms with Gasteiger partial charge in [0.15, 0.2) is 6.61 Å². The van der Waals surface area contributed by atoms with Crippen molar-refractivity contribution >= 4 is 23.4 Å². The highest BCUT2D eigenvalue weighted by Gasteiger charge is 2.24. The fourth-order valence-corrected chi connectivity index (χ4v) is 3.69. The summed E-state index contributed by atoms with van der Waals surface area (Å²) in [6, 6.07) is 13.2. The summed E-state index contributed by atoms with van der Waals surface area (Å²) in [5.41, 5.74) is 1.85. The van der Waals surface area contributed by atoms with Crippen molar-refractivity contribution in [3.8, 4) is 11.5 Å². The average molecular weight is 445 g/mol. The first-order valence-electron chi connectivity index (χ1n) is 10.6. The van der Waals surface area contributed by atoms with Crippen LogP contribution in [0.5, 0.6) is 11.5 Å². The molecule has 1 heterocycles. The summed E-state index contributed by atoms with van der Waals surface area (Å²) in [5.74, 6) is 1.32. The fourth-order valence-electron chi connectivity index (χ4n) is 3.58. The Balaban J connectivity index is 1.35. The molecule has 166 valence electrons. The quantitative estimate of drug-likeness (QED) is 0.670. The number of para-hydroxylation sites is 1. The molecule has 1 aliphatic rings. The number of rotatable bonds is 8. The lowest BCUT2D eigenvalue weighted by Crippen LogP contribution is -2.47. The van der Waals surface area contributed by atoms with Crippen molar-refractivity contribution < 1.29 is 19.1 Å². The van der Waals surface area contributed by atoms with E-state index in [-0.39, 0.29) is 24.5 Å². The third-order valence-corrected chi connectivity index (χ3v) is 5.92. The molecule has 6 nitrogen and oxygen atoms in total. The average Bonchev–Trinajstić information content (AvgIpc) is 2.77. The van der Waals surface area contributed by atoms with Crippen LogP contribution in [0.4, 0.5) is 0 Å². The lowest BCUT2D eigenvalue weighted by atomic mass is 10.0. The molecule has 0 spiro atoms. The molecule has 31 heavy (non-hydrogen) atoms. The van der Waals surface area contributed by atoms with Gasteiger partial charge in [0.05, 0.1) is 13.0 Å². The van der Waals surface area contributed by atoms with E-state index < -0.39 is 0 Å². The number of halogens is 1. The number of nitrogens with zero attached hydrogens (tertiary/aromatic N) is 1. The molecule has 2 aromatic rings. The normalized spacial score (nSPS) is 14.2. The number of piperidine rings is 1. The Labute approximate surface area is 188 Å². The maximum absolute atomic E-state index is 12.5. The van der Waals surface area contributed by atoms with Crippen LogP contribution in [0.3, 0.4) is 0 Å². The van der Waals surface area contributed by atoms with Gasteiger partial charge in [-0.2, -0.15) is 0 Å². The molecule has 0 radical (unpaired) electrons. The Bertz CT molecular complexity index is 873. The zero-order valence-corrected chi connectivity index (χ0v) is 18.8. The van der Waals surface area contributed by atoms with Crippen molar-refractivity contribution in [3.63, 3.8) is 0 Å². The molecule has 0 bridgehead atoms. The van der Waals surface area contributed by atoms with Crippen LogP contribution in [0.25, 0.3) is 0 Å². The largest absolute Gasteiger partial charge is 0.493 e. The highest BCUT2D eigenvalue weighted by Crippen LogP contribution is 2.26. The van der Waals surface area contributed by atoms with Crippen LogP contribution in [0, 0.1) is 13.8 Å². The fraction of sp³-hybridized carbons (Fsp3) is 0.417. The van der Waals surface area contributed by atoms with Gasteiger partial charge in [-0.25, -0.2) is 0 Å². The predicted molar refractivity (Wildman–Crippen MR) is 121 cm³/mol. The number of carbonyl (C=O) groups is 2. The summed E-state index contributed by atoms with van der Waals surface area (Å²) in [5, 5.41) is 3.76.